The fourth-order valence-corrected chi connectivity index (χ4v) is 5.73. The molecule has 2 saturated carbocycles. The topological polar surface area (TPSA) is 46.7 Å². The van der Waals surface area contributed by atoms with E-state index in [1.807, 2.05) is 13.0 Å². The van der Waals surface area contributed by atoms with Gasteiger partial charge in [0.25, 0.3) is 0 Å². The van der Waals surface area contributed by atoms with Crippen molar-refractivity contribution in [2.45, 2.75) is 72.0 Å². The molecule has 6 atom stereocenters. The van der Waals surface area contributed by atoms with Crippen molar-refractivity contribution in [1.29, 1.82) is 0 Å². The van der Waals surface area contributed by atoms with Crippen LogP contribution in [-0.2, 0) is 14.3 Å². The summed E-state index contributed by atoms with van der Waals surface area (Å²) in [6, 6.07) is 0. The third-order valence-corrected chi connectivity index (χ3v) is 7.62. The molecule has 0 bridgehead atoms. The summed E-state index contributed by atoms with van der Waals surface area (Å²) in [4.78, 5) is 25.4. The molecule has 1 saturated heterocycles. The van der Waals surface area contributed by atoms with E-state index in [2.05, 4.69) is 27.7 Å². The van der Waals surface area contributed by atoms with Gasteiger partial charge in [-0.2, -0.15) is 0 Å². The maximum atomic E-state index is 12.8. The molecular formula is C20H28O3. The average Bonchev–Trinajstić information content (AvgIpc) is 3.05. The van der Waals surface area contributed by atoms with Crippen molar-refractivity contribution < 1.29 is 14.3 Å². The zero-order chi connectivity index (χ0) is 16.8. The quantitative estimate of drug-likeness (QED) is 0.693. The van der Waals surface area contributed by atoms with Crippen LogP contribution in [0.2, 0.25) is 0 Å². The highest BCUT2D eigenvalue weighted by atomic mass is 16.6. The number of epoxide rings is 1. The van der Waals surface area contributed by atoms with E-state index in [0.717, 1.165) is 19.3 Å². The number of carbonyl (C=O) groups excluding carboxylic acids is 2. The fourth-order valence-electron chi connectivity index (χ4n) is 5.73. The highest BCUT2D eigenvalue weighted by Gasteiger charge is 2.67. The summed E-state index contributed by atoms with van der Waals surface area (Å²) >= 11 is 0. The molecule has 3 aliphatic carbocycles. The van der Waals surface area contributed by atoms with Crippen molar-refractivity contribution >= 4 is 11.6 Å². The van der Waals surface area contributed by atoms with Crippen LogP contribution in [0.25, 0.3) is 0 Å². The van der Waals surface area contributed by atoms with E-state index in [9.17, 15) is 9.59 Å². The molecule has 0 aromatic heterocycles. The van der Waals surface area contributed by atoms with E-state index in [0.29, 0.717) is 24.0 Å². The molecule has 23 heavy (non-hydrogen) atoms. The number of allylic oxidation sites excluding steroid dienone is 2. The maximum absolute atomic E-state index is 12.8. The summed E-state index contributed by atoms with van der Waals surface area (Å²) in [7, 11) is 0. The third-order valence-electron chi connectivity index (χ3n) is 7.62. The number of Topliss-reactive ketones (excluding diaryl/α,β-unsaturated/α-hetero) is 1. The van der Waals surface area contributed by atoms with Crippen LogP contribution in [0.15, 0.2) is 11.6 Å². The zero-order valence-electron chi connectivity index (χ0n) is 14.9. The minimum Gasteiger partial charge on any atom is -0.358 e. The number of ketones is 2. The van der Waals surface area contributed by atoms with Crippen LogP contribution in [0.3, 0.4) is 0 Å². The summed E-state index contributed by atoms with van der Waals surface area (Å²) in [6.45, 7) is 10.8. The monoisotopic (exact) mass is 316 g/mol. The number of fused-ring (bicyclic) bond motifs is 4. The molecule has 6 unspecified atom stereocenters. The smallest absolute Gasteiger partial charge is 0.167 e. The Labute approximate surface area is 138 Å². The predicted molar refractivity (Wildman–Crippen MR) is 87.9 cm³/mol. The number of rotatable bonds is 1. The first-order chi connectivity index (χ1) is 10.6. The lowest BCUT2D eigenvalue weighted by Crippen LogP contribution is -2.49. The summed E-state index contributed by atoms with van der Waals surface area (Å²) in [6.07, 6.45) is 5.41. The lowest BCUT2D eigenvalue weighted by Gasteiger charge is -2.52. The lowest BCUT2D eigenvalue weighted by atomic mass is 9.51. The largest absolute Gasteiger partial charge is 0.358 e. The fraction of sp³-hybridized carbons (Fsp3) is 0.800. The molecule has 1 aliphatic heterocycles. The van der Waals surface area contributed by atoms with E-state index in [1.165, 1.54) is 5.57 Å². The second-order valence-corrected chi connectivity index (χ2v) is 9.37. The molecule has 0 N–H and O–H groups in total. The van der Waals surface area contributed by atoms with E-state index >= 15 is 0 Å². The Hall–Kier alpha value is -0.960. The highest BCUT2D eigenvalue weighted by Crippen LogP contribution is 2.65. The Morgan fingerprint density at radius 3 is 2.52 bits per heavy atom. The minimum atomic E-state index is -0.541. The first-order valence-corrected chi connectivity index (χ1v) is 9.09. The molecule has 4 aliphatic rings. The van der Waals surface area contributed by atoms with Crippen LogP contribution in [0.4, 0.5) is 0 Å². The van der Waals surface area contributed by atoms with Gasteiger partial charge in [-0.05, 0) is 55.4 Å². The normalized spacial score (nSPS) is 51.7. The molecule has 3 heteroatoms. The van der Waals surface area contributed by atoms with Gasteiger partial charge in [0.15, 0.2) is 11.6 Å². The molecule has 0 aromatic rings. The van der Waals surface area contributed by atoms with Gasteiger partial charge in [0, 0.05) is 11.8 Å². The highest BCUT2D eigenvalue weighted by molar-refractivity contribution is 5.99. The Kier molecular flexibility index (Phi) is 2.95. The van der Waals surface area contributed by atoms with Gasteiger partial charge in [-0.15, -0.1) is 0 Å². The second kappa shape index (κ2) is 4.36. The lowest BCUT2D eigenvalue weighted by molar-refractivity contribution is -0.134. The average molecular weight is 316 g/mol. The predicted octanol–water partition coefficient (Wildman–Crippen LogP) is 3.71. The van der Waals surface area contributed by atoms with Gasteiger partial charge >= 0.3 is 0 Å². The van der Waals surface area contributed by atoms with Gasteiger partial charge in [-0.3, -0.25) is 9.59 Å². The van der Waals surface area contributed by atoms with Crippen molar-refractivity contribution in [3.05, 3.63) is 11.6 Å². The van der Waals surface area contributed by atoms with Gasteiger partial charge in [0.2, 0.25) is 0 Å². The Balaban J connectivity index is 1.79. The molecule has 0 aromatic carbocycles. The van der Waals surface area contributed by atoms with E-state index in [-0.39, 0.29) is 28.6 Å². The molecule has 3 nitrogen and oxygen atoms in total. The number of hydrogen-bond donors (Lipinski definition) is 0. The summed E-state index contributed by atoms with van der Waals surface area (Å²) in [5.74, 6) is 1.63. The minimum absolute atomic E-state index is 0.0135. The van der Waals surface area contributed by atoms with Crippen molar-refractivity contribution in [3.8, 4) is 0 Å². The SMILES string of the molecule is CC(C)C1=CC(=O)C2(C)CCC3(C)CC(=O)C4(C)OC4CC3C12. The zero-order valence-corrected chi connectivity index (χ0v) is 14.9. The van der Waals surface area contributed by atoms with Gasteiger partial charge in [-0.1, -0.05) is 33.3 Å². The van der Waals surface area contributed by atoms with Crippen molar-refractivity contribution in [3.63, 3.8) is 0 Å². The van der Waals surface area contributed by atoms with Gasteiger partial charge < -0.3 is 4.74 Å². The summed E-state index contributed by atoms with van der Waals surface area (Å²) in [5, 5.41) is 0. The first-order valence-electron chi connectivity index (χ1n) is 9.09. The van der Waals surface area contributed by atoms with Gasteiger partial charge in [0.05, 0.1) is 6.10 Å². The second-order valence-electron chi connectivity index (χ2n) is 9.37. The van der Waals surface area contributed by atoms with E-state index in [4.69, 9.17) is 4.74 Å². The van der Waals surface area contributed by atoms with Crippen molar-refractivity contribution in [1.82, 2.24) is 0 Å². The molecule has 0 spiro atoms. The van der Waals surface area contributed by atoms with E-state index in [1.54, 1.807) is 0 Å². The molecule has 4 rings (SSSR count). The van der Waals surface area contributed by atoms with Crippen molar-refractivity contribution in [2.75, 3.05) is 0 Å². The standard InChI is InChI=1S/C20H28O3/c1-11(2)12-8-14(21)19(4)7-6-18(3)10-15(22)20(5)16(23-20)9-13(18)17(12)19/h8,11,13,16-17H,6-7,9-10H2,1-5H3. The molecule has 0 amide bonds. The van der Waals surface area contributed by atoms with Gasteiger partial charge in [-0.25, -0.2) is 0 Å². The van der Waals surface area contributed by atoms with Crippen LogP contribution >= 0.6 is 0 Å². The van der Waals surface area contributed by atoms with Crippen molar-refractivity contribution in [2.24, 2.45) is 28.6 Å². The first kappa shape index (κ1) is 15.6. The third kappa shape index (κ3) is 1.86. The Morgan fingerprint density at radius 1 is 1.17 bits per heavy atom. The summed E-state index contributed by atoms with van der Waals surface area (Å²) < 4.78 is 5.80. The van der Waals surface area contributed by atoms with Gasteiger partial charge in [0.1, 0.15) is 5.60 Å². The molecular weight excluding hydrogens is 288 g/mol. The van der Waals surface area contributed by atoms with Crippen LogP contribution in [0.5, 0.6) is 0 Å². The van der Waals surface area contributed by atoms with Crippen LogP contribution in [0, 0.1) is 28.6 Å². The van der Waals surface area contributed by atoms with Crippen LogP contribution in [0.1, 0.15) is 60.3 Å². The maximum Gasteiger partial charge on any atom is 0.167 e. The van der Waals surface area contributed by atoms with Crippen LogP contribution in [-0.4, -0.2) is 23.3 Å². The molecule has 126 valence electrons. The Morgan fingerprint density at radius 2 is 1.87 bits per heavy atom. The number of carbonyl (C=O) groups is 2. The Bertz CT molecular complexity index is 633. The molecule has 1 heterocycles. The molecule has 3 fully saturated rings. The summed E-state index contributed by atoms with van der Waals surface area (Å²) in [5.41, 5.74) is 0.522. The number of ether oxygens (including phenoxy) is 1. The van der Waals surface area contributed by atoms with Crippen LogP contribution < -0.4 is 0 Å². The number of hydrogen-bond acceptors (Lipinski definition) is 3. The molecule has 0 radical (unpaired) electrons. The van der Waals surface area contributed by atoms with E-state index < -0.39 is 5.60 Å².